The van der Waals surface area contributed by atoms with Gasteiger partial charge in [0, 0.05) is 24.8 Å². The molecule has 8 heteroatoms. The Morgan fingerprint density at radius 3 is 2.81 bits per heavy atom. The first-order valence-corrected chi connectivity index (χ1v) is 9.36. The minimum Gasteiger partial charge on any atom is -0.369 e. The molecule has 1 aromatic carbocycles. The first-order chi connectivity index (χ1) is 12.8. The number of nitrogens with one attached hydrogen (secondary N) is 1. The van der Waals surface area contributed by atoms with Gasteiger partial charge in [0.2, 0.25) is 0 Å². The summed E-state index contributed by atoms with van der Waals surface area (Å²) in [5.41, 5.74) is 1.60. The summed E-state index contributed by atoms with van der Waals surface area (Å²) in [6.07, 6.45) is 4.34. The van der Waals surface area contributed by atoms with Gasteiger partial charge in [-0.25, -0.2) is 19.0 Å². The molecule has 27 heavy (non-hydrogen) atoms. The van der Waals surface area contributed by atoms with Crippen LogP contribution in [0.4, 0.5) is 15.9 Å². The van der Waals surface area contributed by atoms with E-state index in [0.717, 1.165) is 42.0 Å². The molecule has 3 aromatic rings. The summed E-state index contributed by atoms with van der Waals surface area (Å²) in [5, 5.41) is 9.08. The Hall–Kier alpha value is -2.41. The Balaban J connectivity index is 1.53. The largest absolute Gasteiger partial charge is 0.369 e. The number of hydrogen-bond donors (Lipinski definition) is 1. The Labute approximate surface area is 162 Å². The van der Waals surface area contributed by atoms with Gasteiger partial charge in [-0.1, -0.05) is 11.6 Å². The summed E-state index contributed by atoms with van der Waals surface area (Å²) in [7, 11) is 0. The molecule has 1 N–H and O–H groups in total. The average molecular weight is 389 g/mol. The number of fused-ring (bicyclic) bond motifs is 1. The summed E-state index contributed by atoms with van der Waals surface area (Å²) >= 11 is 5.92. The topological polar surface area (TPSA) is 58.9 Å². The van der Waals surface area contributed by atoms with Gasteiger partial charge in [0.1, 0.15) is 18.0 Å². The molecule has 0 spiro atoms. The zero-order chi connectivity index (χ0) is 19.2. The summed E-state index contributed by atoms with van der Waals surface area (Å²) in [4.78, 5) is 11.0. The van der Waals surface area contributed by atoms with Gasteiger partial charge in [-0.3, -0.25) is 0 Å². The van der Waals surface area contributed by atoms with Crippen LogP contribution in [0.2, 0.25) is 5.02 Å². The van der Waals surface area contributed by atoms with Crippen molar-refractivity contribution in [3.8, 4) is 0 Å². The number of benzene rings is 1. The van der Waals surface area contributed by atoms with Crippen LogP contribution in [0.15, 0.2) is 30.7 Å². The van der Waals surface area contributed by atoms with Crippen LogP contribution in [0.5, 0.6) is 0 Å². The van der Waals surface area contributed by atoms with Crippen molar-refractivity contribution in [1.29, 1.82) is 0 Å². The molecule has 0 bridgehead atoms. The van der Waals surface area contributed by atoms with Gasteiger partial charge < -0.3 is 10.2 Å². The van der Waals surface area contributed by atoms with Gasteiger partial charge in [0.15, 0.2) is 5.65 Å². The highest BCUT2D eigenvalue weighted by Gasteiger charge is 2.25. The number of hydrogen-bond acceptors (Lipinski definition) is 5. The Bertz CT molecular complexity index is 980. The van der Waals surface area contributed by atoms with E-state index in [1.54, 1.807) is 18.5 Å². The third-order valence-electron chi connectivity index (χ3n) is 4.80. The van der Waals surface area contributed by atoms with E-state index in [0.29, 0.717) is 0 Å². The van der Waals surface area contributed by atoms with Crippen LogP contribution in [0, 0.1) is 5.82 Å². The van der Waals surface area contributed by atoms with Crippen molar-refractivity contribution in [3.05, 3.63) is 41.6 Å². The zero-order valence-electron chi connectivity index (χ0n) is 15.6. The monoisotopic (exact) mass is 388 g/mol. The Morgan fingerprint density at radius 1 is 1.26 bits per heavy atom. The quantitative estimate of drug-likeness (QED) is 0.733. The summed E-state index contributed by atoms with van der Waals surface area (Å²) in [6, 6.07) is 5.08. The molecule has 0 radical (unpaired) electrons. The van der Waals surface area contributed by atoms with Crippen LogP contribution in [-0.4, -0.2) is 38.9 Å². The summed E-state index contributed by atoms with van der Waals surface area (Å²) in [6.45, 7) is 7.95. The third kappa shape index (κ3) is 3.43. The third-order valence-corrected chi connectivity index (χ3v) is 5.09. The van der Waals surface area contributed by atoms with Crippen molar-refractivity contribution in [2.75, 3.05) is 23.3 Å². The number of anilines is 2. The fraction of sp³-hybridized carbons (Fsp3) is 0.421. The standard InChI is InChI=1S/C19H22ClFN6/c1-19(2,3)27-18-14(9-24-27)17(22-11-23-18)25-12-6-7-26(10-12)13-4-5-16(21)15(20)8-13/h4-5,8-9,11-12H,6-7,10H2,1-3H3,(H,22,23,25). The van der Waals surface area contributed by atoms with Crippen LogP contribution in [0.25, 0.3) is 11.0 Å². The van der Waals surface area contributed by atoms with Crippen LogP contribution in [0.3, 0.4) is 0 Å². The summed E-state index contributed by atoms with van der Waals surface area (Å²) in [5.74, 6) is 0.396. The zero-order valence-corrected chi connectivity index (χ0v) is 16.3. The molecule has 1 unspecified atom stereocenters. The van der Waals surface area contributed by atoms with E-state index < -0.39 is 5.82 Å². The molecule has 1 aliphatic rings. The molecule has 0 saturated carbocycles. The van der Waals surface area contributed by atoms with Gasteiger partial charge in [-0.15, -0.1) is 0 Å². The maximum absolute atomic E-state index is 13.4. The van der Waals surface area contributed by atoms with E-state index in [1.807, 2.05) is 10.9 Å². The van der Waals surface area contributed by atoms with Crippen LogP contribution in [-0.2, 0) is 5.54 Å². The predicted molar refractivity (Wildman–Crippen MR) is 106 cm³/mol. The van der Waals surface area contributed by atoms with E-state index in [9.17, 15) is 4.39 Å². The molecule has 1 aliphatic heterocycles. The van der Waals surface area contributed by atoms with Crippen LogP contribution >= 0.6 is 11.6 Å². The lowest BCUT2D eigenvalue weighted by Crippen LogP contribution is -2.26. The molecule has 1 atom stereocenters. The second-order valence-electron chi connectivity index (χ2n) is 7.86. The smallest absolute Gasteiger partial charge is 0.163 e. The van der Waals surface area contributed by atoms with Crippen molar-refractivity contribution in [2.24, 2.45) is 0 Å². The van der Waals surface area contributed by atoms with Crippen molar-refractivity contribution in [1.82, 2.24) is 19.7 Å². The van der Waals surface area contributed by atoms with Gasteiger partial charge >= 0.3 is 0 Å². The second kappa shape index (κ2) is 6.64. The minimum absolute atomic E-state index is 0.149. The van der Waals surface area contributed by atoms with Crippen LogP contribution < -0.4 is 10.2 Å². The molecule has 142 valence electrons. The average Bonchev–Trinajstić information content (AvgIpc) is 3.24. The first kappa shape index (κ1) is 18.0. The minimum atomic E-state index is -0.395. The number of halogens is 2. The SMILES string of the molecule is CC(C)(C)n1ncc2c(NC3CCN(c4ccc(F)c(Cl)c4)C3)ncnc21. The van der Waals surface area contributed by atoms with E-state index in [1.165, 1.54) is 6.07 Å². The van der Waals surface area contributed by atoms with Crippen molar-refractivity contribution in [3.63, 3.8) is 0 Å². The van der Waals surface area contributed by atoms with Crippen LogP contribution in [0.1, 0.15) is 27.2 Å². The normalized spacial score (nSPS) is 17.7. The van der Waals surface area contributed by atoms with Gasteiger partial charge in [-0.05, 0) is 45.4 Å². The van der Waals surface area contributed by atoms with Crippen molar-refractivity contribution < 1.29 is 4.39 Å². The molecule has 3 heterocycles. The fourth-order valence-electron chi connectivity index (χ4n) is 3.44. The van der Waals surface area contributed by atoms with E-state index in [2.05, 4.69) is 46.1 Å². The molecule has 4 rings (SSSR count). The Kier molecular flexibility index (Phi) is 4.42. The van der Waals surface area contributed by atoms with E-state index in [-0.39, 0.29) is 16.6 Å². The molecule has 1 saturated heterocycles. The van der Waals surface area contributed by atoms with E-state index in [4.69, 9.17) is 11.6 Å². The highest BCUT2D eigenvalue weighted by atomic mass is 35.5. The molecular formula is C19H22ClFN6. The fourth-order valence-corrected chi connectivity index (χ4v) is 3.61. The lowest BCUT2D eigenvalue weighted by molar-refractivity contribution is 0.366. The Morgan fingerprint density at radius 2 is 2.07 bits per heavy atom. The van der Waals surface area contributed by atoms with Gasteiger partial charge in [-0.2, -0.15) is 5.10 Å². The van der Waals surface area contributed by atoms with Crippen molar-refractivity contribution in [2.45, 2.75) is 38.8 Å². The molecular weight excluding hydrogens is 367 g/mol. The first-order valence-electron chi connectivity index (χ1n) is 8.98. The highest BCUT2D eigenvalue weighted by molar-refractivity contribution is 6.31. The molecule has 1 fully saturated rings. The lowest BCUT2D eigenvalue weighted by Gasteiger charge is -2.20. The molecule has 0 aliphatic carbocycles. The summed E-state index contributed by atoms with van der Waals surface area (Å²) < 4.78 is 15.3. The van der Waals surface area contributed by atoms with E-state index >= 15 is 0 Å². The second-order valence-corrected chi connectivity index (χ2v) is 8.27. The molecule has 6 nitrogen and oxygen atoms in total. The predicted octanol–water partition coefficient (Wildman–Crippen LogP) is 4.06. The number of aromatic nitrogens is 4. The van der Waals surface area contributed by atoms with Gasteiger partial charge in [0.05, 0.1) is 22.1 Å². The molecule has 2 aromatic heterocycles. The van der Waals surface area contributed by atoms with Crippen molar-refractivity contribution >= 4 is 34.1 Å². The maximum atomic E-state index is 13.4. The molecule has 0 amide bonds. The highest BCUT2D eigenvalue weighted by Crippen LogP contribution is 2.28. The lowest BCUT2D eigenvalue weighted by atomic mass is 10.1. The number of rotatable bonds is 3. The number of nitrogens with zero attached hydrogens (tertiary/aromatic N) is 5. The maximum Gasteiger partial charge on any atom is 0.163 e. The van der Waals surface area contributed by atoms with Gasteiger partial charge in [0.25, 0.3) is 0 Å².